The summed E-state index contributed by atoms with van der Waals surface area (Å²) in [5.41, 5.74) is 7.72. The topological polar surface area (TPSA) is 58.4 Å². The lowest BCUT2D eigenvalue weighted by Crippen LogP contribution is -2.46. The van der Waals surface area contributed by atoms with Crippen molar-refractivity contribution in [2.75, 3.05) is 11.9 Å². The summed E-state index contributed by atoms with van der Waals surface area (Å²) in [7, 11) is 0. The van der Waals surface area contributed by atoms with Crippen LogP contribution < -0.4 is 11.1 Å². The largest absolute Gasteiger partial charge is 0.324 e. The first-order valence-electron chi connectivity index (χ1n) is 7.40. The molecule has 0 radical (unpaired) electrons. The maximum Gasteiger partial charge on any atom is 0.322 e. The number of nitrogens with one attached hydrogen (secondary N) is 1. The third-order valence-electron chi connectivity index (χ3n) is 4.07. The molecule has 0 saturated carbocycles. The van der Waals surface area contributed by atoms with Gasteiger partial charge in [0.2, 0.25) is 0 Å². The number of likely N-dealkylation sites (tertiary alicyclic amines) is 1. The van der Waals surface area contributed by atoms with Gasteiger partial charge in [-0.3, -0.25) is 0 Å². The number of amides is 2. The summed E-state index contributed by atoms with van der Waals surface area (Å²) in [4.78, 5) is 14.3. The van der Waals surface area contributed by atoms with Crippen LogP contribution in [0, 0.1) is 5.92 Å². The average Bonchev–Trinajstić information content (AvgIpc) is 2.42. The van der Waals surface area contributed by atoms with Crippen molar-refractivity contribution < 1.29 is 4.79 Å². The Bertz CT molecular complexity index is 455. The van der Waals surface area contributed by atoms with Crippen LogP contribution >= 0.6 is 0 Å². The summed E-state index contributed by atoms with van der Waals surface area (Å²) in [5.74, 6) is 0.581. The van der Waals surface area contributed by atoms with Gasteiger partial charge >= 0.3 is 6.03 Å². The van der Waals surface area contributed by atoms with Gasteiger partial charge in [-0.15, -0.1) is 0 Å². The lowest BCUT2D eigenvalue weighted by Gasteiger charge is -2.36. The zero-order valence-electron chi connectivity index (χ0n) is 12.6. The van der Waals surface area contributed by atoms with E-state index in [9.17, 15) is 4.79 Å². The van der Waals surface area contributed by atoms with Gasteiger partial charge < -0.3 is 16.0 Å². The molecular formula is C16H25N3O. The van der Waals surface area contributed by atoms with Crippen molar-refractivity contribution in [1.29, 1.82) is 0 Å². The molecule has 1 saturated heterocycles. The van der Waals surface area contributed by atoms with Crippen LogP contribution in [0.3, 0.4) is 0 Å². The van der Waals surface area contributed by atoms with E-state index in [4.69, 9.17) is 5.73 Å². The molecule has 3 atom stereocenters. The third kappa shape index (κ3) is 3.51. The Morgan fingerprint density at radius 2 is 1.95 bits per heavy atom. The molecule has 2 amide bonds. The summed E-state index contributed by atoms with van der Waals surface area (Å²) in [6, 6.07) is 8.07. The predicted octanol–water partition coefficient (Wildman–Crippen LogP) is 3.36. The maximum atomic E-state index is 12.3. The van der Waals surface area contributed by atoms with E-state index >= 15 is 0 Å². The van der Waals surface area contributed by atoms with E-state index in [1.165, 1.54) is 6.42 Å². The molecular weight excluding hydrogens is 250 g/mol. The number of rotatable bonds is 2. The monoisotopic (exact) mass is 275 g/mol. The third-order valence-corrected chi connectivity index (χ3v) is 4.07. The van der Waals surface area contributed by atoms with Gasteiger partial charge in [0.15, 0.2) is 0 Å². The predicted molar refractivity (Wildman–Crippen MR) is 82.6 cm³/mol. The number of nitrogens with zero attached hydrogens (tertiary/aromatic N) is 1. The van der Waals surface area contributed by atoms with Crippen molar-refractivity contribution in [2.24, 2.45) is 11.7 Å². The van der Waals surface area contributed by atoms with Crippen molar-refractivity contribution in [1.82, 2.24) is 4.90 Å². The molecule has 3 N–H and O–H groups in total. The van der Waals surface area contributed by atoms with Gasteiger partial charge in [0.25, 0.3) is 0 Å². The number of hydrogen-bond acceptors (Lipinski definition) is 2. The molecule has 1 aliphatic rings. The lowest BCUT2D eigenvalue weighted by atomic mass is 9.95. The van der Waals surface area contributed by atoms with Crippen molar-refractivity contribution in [3.8, 4) is 0 Å². The fourth-order valence-electron chi connectivity index (χ4n) is 2.64. The van der Waals surface area contributed by atoms with Gasteiger partial charge in [-0.05, 0) is 50.3 Å². The van der Waals surface area contributed by atoms with E-state index in [1.54, 1.807) is 0 Å². The normalized spacial score (nSPS) is 24.3. The smallest absolute Gasteiger partial charge is 0.322 e. The molecule has 0 aliphatic carbocycles. The molecule has 110 valence electrons. The van der Waals surface area contributed by atoms with Gasteiger partial charge in [-0.1, -0.05) is 19.1 Å². The van der Waals surface area contributed by atoms with Crippen molar-refractivity contribution in [2.45, 2.75) is 45.7 Å². The molecule has 0 spiro atoms. The van der Waals surface area contributed by atoms with Crippen LogP contribution in [0.5, 0.6) is 0 Å². The highest BCUT2D eigenvalue weighted by molar-refractivity contribution is 5.89. The van der Waals surface area contributed by atoms with Gasteiger partial charge in [0.1, 0.15) is 0 Å². The summed E-state index contributed by atoms with van der Waals surface area (Å²) < 4.78 is 0. The van der Waals surface area contributed by atoms with Crippen LogP contribution in [0.1, 0.15) is 45.2 Å². The van der Waals surface area contributed by atoms with E-state index in [1.807, 2.05) is 36.1 Å². The molecule has 4 nitrogen and oxygen atoms in total. The molecule has 1 aliphatic heterocycles. The Balaban J connectivity index is 2.00. The van der Waals surface area contributed by atoms with Crippen LogP contribution in [-0.2, 0) is 0 Å². The molecule has 1 aromatic carbocycles. The van der Waals surface area contributed by atoms with Crippen molar-refractivity contribution in [3.05, 3.63) is 29.8 Å². The number of nitrogens with two attached hydrogens (primary N) is 1. The van der Waals surface area contributed by atoms with Gasteiger partial charge in [-0.25, -0.2) is 4.79 Å². The minimum atomic E-state index is -0.00223. The number of benzene rings is 1. The fourth-order valence-corrected chi connectivity index (χ4v) is 2.64. The molecule has 0 bridgehead atoms. The number of carbonyl (C=O) groups excluding carboxylic acids is 1. The molecule has 20 heavy (non-hydrogen) atoms. The number of carbonyl (C=O) groups is 1. The highest BCUT2D eigenvalue weighted by Gasteiger charge is 2.26. The molecule has 1 heterocycles. The standard InChI is InChI=1S/C16H25N3O/c1-11-4-5-12(2)19(10-11)16(20)18-15-8-6-14(7-9-15)13(3)17/h6-9,11-13H,4-5,10,17H2,1-3H3,(H,18,20). The fraction of sp³-hybridized carbons (Fsp3) is 0.562. The Morgan fingerprint density at radius 1 is 1.30 bits per heavy atom. The van der Waals surface area contributed by atoms with E-state index in [0.717, 1.165) is 24.2 Å². The van der Waals surface area contributed by atoms with E-state index in [2.05, 4.69) is 19.2 Å². The molecule has 1 aromatic rings. The molecule has 3 unspecified atom stereocenters. The maximum absolute atomic E-state index is 12.3. The highest BCUT2D eigenvalue weighted by Crippen LogP contribution is 2.22. The highest BCUT2D eigenvalue weighted by atomic mass is 16.2. The van der Waals surface area contributed by atoms with Gasteiger partial charge in [-0.2, -0.15) is 0 Å². The minimum Gasteiger partial charge on any atom is -0.324 e. The zero-order valence-corrected chi connectivity index (χ0v) is 12.6. The first-order valence-corrected chi connectivity index (χ1v) is 7.40. The first-order chi connectivity index (χ1) is 9.47. The number of urea groups is 1. The Hall–Kier alpha value is -1.55. The summed E-state index contributed by atoms with van der Waals surface area (Å²) in [5, 5.41) is 2.97. The minimum absolute atomic E-state index is 0.00223. The Morgan fingerprint density at radius 3 is 2.55 bits per heavy atom. The summed E-state index contributed by atoms with van der Waals surface area (Å²) in [6.45, 7) is 7.10. The van der Waals surface area contributed by atoms with Gasteiger partial charge in [0, 0.05) is 24.3 Å². The first kappa shape index (κ1) is 14.9. The van der Waals surface area contributed by atoms with Crippen molar-refractivity contribution >= 4 is 11.7 Å². The number of piperidine rings is 1. The van der Waals surface area contributed by atoms with E-state index < -0.39 is 0 Å². The SMILES string of the molecule is CC1CCC(C)N(C(=O)Nc2ccc(C(C)N)cc2)C1. The quantitative estimate of drug-likeness (QED) is 0.869. The van der Waals surface area contributed by atoms with Gasteiger partial charge in [0.05, 0.1) is 0 Å². The Kier molecular flexibility index (Phi) is 4.65. The molecule has 2 rings (SSSR count). The van der Waals surface area contributed by atoms with Crippen LogP contribution in [-0.4, -0.2) is 23.5 Å². The second-order valence-corrected chi connectivity index (χ2v) is 6.02. The van der Waals surface area contributed by atoms with Crippen molar-refractivity contribution in [3.63, 3.8) is 0 Å². The lowest BCUT2D eigenvalue weighted by molar-refractivity contribution is 0.147. The van der Waals surface area contributed by atoms with E-state index in [-0.39, 0.29) is 12.1 Å². The average molecular weight is 275 g/mol. The Labute approximate surface area is 121 Å². The van der Waals surface area contributed by atoms with Crippen LogP contribution in [0.4, 0.5) is 10.5 Å². The summed E-state index contributed by atoms with van der Waals surface area (Å²) >= 11 is 0. The molecule has 1 fully saturated rings. The molecule has 0 aromatic heterocycles. The molecule has 4 heteroatoms. The number of hydrogen-bond donors (Lipinski definition) is 2. The second-order valence-electron chi connectivity index (χ2n) is 6.02. The summed E-state index contributed by atoms with van der Waals surface area (Å²) in [6.07, 6.45) is 2.28. The number of anilines is 1. The zero-order chi connectivity index (χ0) is 14.7. The van der Waals surface area contributed by atoms with Crippen LogP contribution in [0.2, 0.25) is 0 Å². The van der Waals surface area contributed by atoms with Crippen LogP contribution in [0.25, 0.3) is 0 Å². The van der Waals surface area contributed by atoms with E-state index in [0.29, 0.717) is 12.0 Å². The second kappa shape index (κ2) is 6.27. The van der Waals surface area contributed by atoms with Crippen LogP contribution in [0.15, 0.2) is 24.3 Å².